The van der Waals surface area contributed by atoms with E-state index in [-0.39, 0.29) is 11.7 Å². The van der Waals surface area contributed by atoms with Gasteiger partial charge in [-0.15, -0.1) is 0 Å². The summed E-state index contributed by atoms with van der Waals surface area (Å²) in [6, 6.07) is 9.06. The molecule has 148 valence electrons. The number of anilines is 1. The summed E-state index contributed by atoms with van der Waals surface area (Å²) >= 11 is 0. The highest BCUT2D eigenvalue weighted by molar-refractivity contribution is 6.09. The molecule has 3 aromatic rings. The number of hydrogen-bond acceptors (Lipinski definition) is 4. The van der Waals surface area contributed by atoms with Gasteiger partial charge in [0.25, 0.3) is 0 Å². The second-order valence-electron chi connectivity index (χ2n) is 6.15. The molecule has 9 heteroatoms. The molecule has 2 N–H and O–H groups in total. The third-order valence-corrected chi connectivity index (χ3v) is 4.25. The summed E-state index contributed by atoms with van der Waals surface area (Å²) in [5, 5.41) is 12.6. The van der Waals surface area contributed by atoms with Gasteiger partial charge in [-0.3, -0.25) is 9.98 Å². The van der Waals surface area contributed by atoms with Gasteiger partial charge in [0, 0.05) is 29.9 Å². The lowest BCUT2D eigenvalue weighted by molar-refractivity contribution is -0.0861. The third kappa shape index (κ3) is 3.96. The average molecular weight is 398 g/mol. The number of aryl methyl sites for hydroxylation is 1. The number of nitriles is 1. The monoisotopic (exact) mass is 398 g/mol. The molecule has 0 atom stereocenters. The van der Waals surface area contributed by atoms with Crippen LogP contribution >= 0.6 is 0 Å². The van der Waals surface area contributed by atoms with Crippen molar-refractivity contribution >= 4 is 22.7 Å². The number of halogens is 3. The first kappa shape index (κ1) is 20.1. The van der Waals surface area contributed by atoms with Gasteiger partial charge in [0.2, 0.25) is 0 Å². The van der Waals surface area contributed by atoms with Crippen molar-refractivity contribution in [2.75, 3.05) is 12.4 Å². The largest absolute Gasteiger partial charge is 0.419 e. The van der Waals surface area contributed by atoms with E-state index in [1.54, 1.807) is 12.1 Å². The Hall–Kier alpha value is -3.67. The number of nitrogens with one attached hydrogen (secondary N) is 2. The molecular weight excluding hydrogens is 381 g/mol. The number of amidine groups is 1. The molecule has 0 unspecified atom stereocenters. The number of rotatable bonds is 3. The van der Waals surface area contributed by atoms with Crippen LogP contribution in [-0.2, 0) is 0 Å². The summed E-state index contributed by atoms with van der Waals surface area (Å²) < 4.78 is 39.9. The van der Waals surface area contributed by atoms with Crippen LogP contribution in [0.15, 0.2) is 47.1 Å². The van der Waals surface area contributed by atoms with Crippen molar-refractivity contribution < 1.29 is 13.2 Å². The Kier molecular flexibility index (Phi) is 5.37. The molecule has 0 radical (unpaired) electrons. The summed E-state index contributed by atoms with van der Waals surface area (Å²) in [4.78, 5) is 15.4. The van der Waals surface area contributed by atoms with Gasteiger partial charge in [-0.05, 0) is 32.0 Å². The lowest BCUT2D eigenvalue weighted by Crippen LogP contribution is -2.26. The summed E-state index contributed by atoms with van der Waals surface area (Å²) in [6.45, 7) is 3.12. The fraction of sp³-hybridized carbons (Fsp3) is 0.200. The molecule has 0 aliphatic carbocycles. The molecule has 3 aromatic heterocycles. The molecule has 0 aliphatic rings. The maximum absolute atomic E-state index is 13.3. The van der Waals surface area contributed by atoms with E-state index in [2.05, 4.69) is 31.3 Å². The van der Waals surface area contributed by atoms with Crippen LogP contribution in [0.25, 0.3) is 22.3 Å². The quantitative estimate of drug-likeness (QED) is 0.492. The number of hydrogen-bond donors (Lipinski definition) is 2. The van der Waals surface area contributed by atoms with Crippen LogP contribution in [0.1, 0.15) is 18.2 Å². The van der Waals surface area contributed by atoms with E-state index in [0.717, 1.165) is 11.8 Å². The van der Waals surface area contributed by atoms with Crippen molar-refractivity contribution in [1.82, 2.24) is 15.0 Å². The highest BCUT2D eigenvalue weighted by atomic mass is 19.4. The molecule has 3 heterocycles. The van der Waals surface area contributed by atoms with Crippen molar-refractivity contribution in [3.05, 3.63) is 53.4 Å². The van der Waals surface area contributed by atoms with E-state index in [1.807, 2.05) is 19.1 Å². The first-order valence-electron chi connectivity index (χ1n) is 8.62. The fourth-order valence-electron chi connectivity index (χ4n) is 2.98. The second-order valence-corrected chi connectivity index (χ2v) is 6.15. The summed E-state index contributed by atoms with van der Waals surface area (Å²) in [5.41, 5.74) is 1.74. The van der Waals surface area contributed by atoms with Crippen molar-refractivity contribution in [3.63, 3.8) is 0 Å². The Morgan fingerprint density at radius 1 is 1.31 bits per heavy atom. The Morgan fingerprint density at radius 2 is 2.07 bits per heavy atom. The standard InChI is InChI=1S/C20H17F3N6/c1-4-14(20(21,22)23)18(25-3)28-16-8-13(15-7-5-6-11(2)27-15)17-12(9-24)10-26-19(17)29-16/h4-8,10H,1-3H3,(H2,25,26,28,29)/b14-4+. The lowest BCUT2D eigenvalue weighted by atomic mass is 10.1. The number of aromatic amines is 1. The number of aromatic nitrogens is 3. The minimum absolute atomic E-state index is 0.145. The van der Waals surface area contributed by atoms with Crippen LogP contribution in [0.3, 0.4) is 0 Å². The molecule has 0 saturated carbocycles. The molecular formula is C20H17F3N6. The molecule has 0 bridgehead atoms. The van der Waals surface area contributed by atoms with E-state index in [4.69, 9.17) is 0 Å². The maximum atomic E-state index is 13.3. The molecule has 0 fully saturated rings. The Morgan fingerprint density at radius 3 is 2.66 bits per heavy atom. The normalized spacial score (nSPS) is 12.9. The molecule has 0 saturated heterocycles. The highest BCUT2D eigenvalue weighted by Gasteiger charge is 2.36. The molecule has 6 nitrogen and oxygen atoms in total. The van der Waals surface area contributed by atoms with Gasteiger partial charge in [-0.1, -0.05) is 12.1 Å². The lowest BCUT2D eigenvalue weighted by Gasteiger charge is -2.16. The van der Waals surface area contributed by atoms with E-state index >= 15 is 0 Å². The number of alkyl halides is 3. The Bertz CT molecular complexity index is 1170. The topological polar surface area (TPSA) is 89.8 Å². The van der Waals surface area contributed by atoms with Crippen molar-refractivity contribution in [1.29, 1.82) is 5.26 Å². The zero-order valence-electron chi connectivity index (χ0n) is 15.9. The minimum atomic E-state index is -4.57. The molecule has 29 heavy (non-hydrogen) atoms. The van der Waals surface area contributed by atoms with Crippen molar-refractivity contribution in [2.45, 2.75) is 20.0 Å². The van der Waals surface area contributed by atoms with Gasteiger partial charge in [0.1, 0.15) is 23.4 Å². The van der Waals surface area contributed by atoms with Crippen molar-refractivity contribution in [3.8, 4) is 17.3 Å². The zero-order chi connectivity index (χ0) is 21.2. The molecule has 0 spiro atoms. The fourth-order valence-corrected chi connectivity index (χ4v) is 2.98. The first-order chi connectivity index (χ1) is 13.8. The molecule has 0 amide bonds. The summed E-state index contributed by atoms with van der Waals surface area (Å²) in [7, 11) is 1.27. The number of pyridine rings is 2. The van der Waals surface area contributed by atoms with Crippen molar-refractivity contribution in [2.24, 2.45) is 4.99 Å². The summed E-state index contributed by atoms with van der Waals surface area (Å²) in [5.74, 6) is -0.214. The van der Waals surface area contributed by atoms with Gasteiger partial charge < -0.3 is 10.3 Å². The zero-order valence-corrected chi connectivity index (χ0v) is 15.9. The smallest absolute Gasteiger partial charge is 0.345 e. The van der Waals surface area contributed by atoms with Gasteiger partial charge >= 0.3 is 6.18 Å². The number of allylic oxidation sites excluding steroid dienone is 1. The van der Waals surface area contributed by atoms with E-state index in [1.165, 1.54) is 20.2 Å². The first-order valence-corrected chi connectivity index (χ1v) is 8.62. The molecule has 0 aromatic carbocycles. The third-order valence-electron chi connectivity index (χ3n) is 4.25. The Balaban J connectivity index is 2.17. The predicted molar refractivity (Wildman–Crippen MR) is 106 cm³/mol. The van der Waals surface area contributed by atoms with Gasteiger partial charge in [0.15, 0.2) is 0 Å². The number of nitrogens with zero attached hydrogens (tertiary/aromatic N) is 4. The average Bonchev–Trinajstić information content (AvgIpc) is 3.09. The van der Waals surface area contributed by atoms with Gasteiger partial charge in [0.05, 0.1) is 16.8 Å². The molecule has 3 rings (SSSR count). The summed E-state index contributed by atoms with van der Waals surface area (Å²) in [6.07, 6.45) is -2.12. The predicted octanol–water partition coefficient (Wildman–Crippen LogP) is 4.75. The van der Waals surface area contributed by atoms with E-state index in [0.29, 0.717) is 27.9 Å². The van der Waals surface area contributed by atoms with Crippen LogP contribution in [0, 0.1) is 18.3 Å². The minimum Gasteiger partial charge on any atom is -0.345 e. The van der Waals surface area contributed by atoms with Crippen LogP contribution in [-0.4, -0.2) is 34.0 Å². The SMILES string of the molecule is C/C=C(\C(=NC)Nc1cc(-c2cccc(C)n2)c2c(C#N)c[nH]c2n1)C(F)(F)F. The maximum Gasteiger partial charge on any atom is 0.419 e. The number of aliphatic imine (C=N–C) groups is 1. The van der Waals surface area contributed by atoms with E-state index < -0.39 is 11.7 Å². The van der Waals surface area contributed by atoms with Crippen LogP contribution in [0.2, 0.25) is 0 Å². The van der Waals surface area contributed by atoms with E-state index in [9.17, 15) is 18.4 Å². The Labute approximate surface area is 164 Å². The molecule has 0 aliphatic heterocycles. The van der Waals surface area contributed by atoms with Crippen LogP contribution in [0.5, 0.6) is 0 Å². The number of fused-ring (bicyclic) bond motifs is 1. The highest BCUT2D eigenvalue weighted by Crippen LogP contribution is 2.32. The van der Waals surface area contributed by atoms with Gasteiger partial charge in [-0.2, -0.15) is 18.4 Å². The van der Waals surface area contributed by atoms with Crippen LogP contribution < -0.4 is 5.32 Å². The second kappa shape index (κ2) is 7.75. The van der Waals surface area contributed by atoms with Gasteiger partial charge in [-0.25, -0.2) is 4.98 Å². The van der Waals surface area contributed by atoms with Crippen LogP contribution in [0.4, 0.5) is 19.0 Å². The number of H-pyrrole nitrogens is 1.